The monoisotopic (exact) mass is 377 g/mol. The molecule has 1 aliphatic carbocycles. The average molecular weight is 377 g/mol. The maximum atomic E-state index is 12.3. The zero-order valence-electron chi connectivity index (χ0n) is 15.2. The molecule has 0 aliphatic heterocycles. The van der Waals surface area contributed by atoms with E-state index in [0.29, 0.717) is 17.7 Å². The number of amides is 2. The molecule has 0 spiro atoms. The summed E-state index contributed by atoms with van der Waals surface area (Å²) in [5.41, 5.74) is 0.895. The zero-order valence-corrected chi connectivity index (χ0v) is 16.0. The standard InChI is InChI=1S/C17H23N5O3S/c1-4-22-16(13-7-8-25-11(13)2)19-20-17(22)26-10-15(24)21(3)9-14(23)18-12-5-6-12/h7-8,12H,4-6,9-10H2,1-3H3,(H,18,23). The van der Waals surface area contributed by atoms with E-state index >= 15 is 0 Å². The van der Waals surface area contributed by atoms with E-state index in [0.717, 1.165) is 30.0 Å². The van der Waals surface area contributed by atoms with Crippen molar-refractivity contribution in [2.24, 2.45) is 0 Å². The van der Waals surface area contributed by atoms with Crippen LogP contribution in [0.3, 0.4) is 0 Å². The molecule has 2 heterocycles. The van der Waals surface area contributed by atoms with E-state index in [1.54, 1.807) is 13.3 Å². The second kappa shape index (κ2) is 7.94. The molecule has 8 nitrogen and oxygen atoms in total. The molecule has 0 aromatic carbocycles. The first kappa shape index (κ1) is 18.5. The molecule has 0 bridgehead atoms. The molecule has 0 atom stereocenters. The van der Waals surface area contributed by atoms with Gasteiger partial charge in [-0.1, -0.05) is 11.8 Å². The van der Waals surface area contributed by atoms with Gasteiger partial charge in [0.1, 0.15) is 5.76 Å². The Kier molecular flexibility index (Phi) is 5.65. The van der Waals surface area contributed by atoms with E-state index in [1.807, 2.05) is 24.5 Å². The van der Waals surface area contributed by atoms with Crippen molar-refractivity contribution in [3.63, 3.8) is 0 Å². The third-order valence-electron chi connectivity index (χ3n) is 4.21. The van der Waals surface area contributed by atoms with Gasteiger partial charge in [-0.3, -0.25) is 9.59 Å². The Bertz CT molecular complexity index is 796. The quantitative estimate of drug-likeness (QED) is 0.704. The van der Waals surface area contributed by atoms with Crippen LogP contribution in [-0.4, -0.2) is 56.9 Å². The minimum absolute atomic E-state index is 0.0792. The summed E-state index contributed by atoms with van der Waals surface area (Å²) >= 11 is 1.32. The van der Waals surface area contributed by atoms with Crippen molar-refractivity contribution in [3.05, 3.63) is 18.1 Å². The van der Waals surface area contributed by atoms with Crippen LogP contribution >= 0.6 is 11.8 Å². The predicted octanol–water partition coefficient (Wildman–Crippen LogP) is 1.70. The van der Waals surface area contributed by atoms with Crippen molar-refractivity contribution in [2.75, 3.05) is 19.3 Å². The van der Waals surface area contributed by atoms with Crippen LogP contribution < -0.4 is 5.32 Å². The van der Waals surface area contributed by atoms with E-state index < -0.39 is 0 Å². The maximum absolute atomic E-state index is 12.3. The minimum Gasteiger partial charge on any atom is -0.469 e. The number of nitrogens with zero attached hydrogens (tertiary/aromatic N) is 4. The highest BCUT2D eigenvalue weighted by Gasteiger charge is 2.24. The molecular formula is C17H23N5O3S. The average Bonchev–Trinajstić information content (AvgIpc) is 3.16. The predicted molar refractivity (Wildman–Crippen MR) is 97.7 cm³/mol. The first-order chi connectivity index (χ1) is 12.5. The summed E-state index contributed by atoms with van der Waals surface area (Å²) in [6, 6.07) is 2.16. The number of nitrogens with one attached hydrogen (secondary N) is 1. The Morgan fingerprint density at radius 1 is 1.42 bits per heavy atom. The Hall–Kier alpha value is -2.29. The number of thioether (sulfide) groups is 1. The second-order valence-corrected chi connectivity index (χ2v) is 7.26. The van der Waals surface area contributed by atoms with Crippen LogP contribution in [0.5, 0.6) is 0 Å². The first-order valence-electron chi connectivity index (χ1n) is 8.63. The maximum Gasteiger partial charge on any atom is 0.239 e. The molecular weight excluding hydrogens is 354 g/mol. The van der Waals surface area contributed by atoms with Gasteiger partial charge >= 0.3 is 0 Å². The molecule has 1 fully saturated rings. The van der Waals surface area contributed by atoms with Gasteiger partial charge in [0, 0.05) is 19.6 Å². The van der Waals surface area contributed by atoms with Gasteiger partial charge in [-0.15, -0.1) is 10.2 Å². The summed E-state index contributed by atoms with van der Waals surface area (Å²) in [4.78, 5) is 25.5. The van der Waals surface area contributed by atoms with Gasteiger partial charge in [0.25, 0.3) is 0 Å². The summed E-state index contributed by atoms with van der Waals surface area (Å²) in [6.45, 7) is 4.64. The number of carbonyl (C=O) groups is 2. The van der Waals surface area contributed by atoms with Crippen molar-refractivity contribution in [1.82, 2.24) is 25.0 Å². The van der Waals surface area contributed by atoms with Crippen molar-refractivity contribution >= 4 is 23.6 Å². The lowest BCUT2D eigenvalue weighted by Gasteiger charge is -2.16. The Morgan fingerprint density at radius 2 is 2.19 bits per heavy atom. The number of likely N-dealkylation sites (N-methyl/N-ethyl adjacent to an activating group) is 1. The minimum atomic E-state index is -0.118. The molecule has 0 radical (unpaired) electrons. The highest BCUT2D eigenvalue weighted by atomic mass is 32.2. The summed E-state index contributed by atoms with van der Waals surface area (Å²) in [6.07, 6.45) is 3.69. The Morgan fingerprint density at radius 3 is 2.81 bits per heavy atom. The molecule has 2 amide bonds. The van der Waals surface area contributed by atoms with Crippen LogP contribution in [0.15, 0.2) is 21.9 Å². The largest absolute Gasteiger partial charge is 0.469 e. The van der Waals surface area contributed by atoms with Gasteiger partial charge in [-0.2, -0.15) is 0 Å². The Labute approximate surface area is 156 Å². The fraction of sp³-hybridized carbons (Fsp3) is 0.529. The third kappa shape index (κ3) is 4.27. The summed E-state index contributed by atoms with van der Waals surface area (Å²) in [7, 11) is 1.64. The van der Waals surface area contributed by atoms with Crippen molar-refractivity contribution in [1.29, 1.82) is 0 Å². The van der Waals surface area contributed by atoms with Crippen LogP contribution in [0.2, 0.25) is 0 Å². The van der Waals surface area contributed by atoms with Crippen LogP contribution in [0.25, 0.3) is 11.4 Å². The van der Waals surface area contributed by atoms with Crippen LogP contribution in [-0.2, 0) is 16.1 Å². The van der Waals surface area contributed by atoms with Crippen LogP contribution in [0, 0.1) is 6.92 Å². The van der Waals surface area contributed by atoms with Crippen molar-refractivity contribution < 1.29 is 14.0 Å². The smallest absolute Gasteiger partial charge is 0.239 e. The topological polar surface area (TPSA) is 93.3 Å². The van der Waals surface area contributed by atoms with E-state index in [9.17, 15) is 9.59 Å². The fourth-order valence-corrected chi connectivity index (χ4v) is 3.48. The van der Waals surface area contributed by atoms with Gasteiger partial charge in [-0.25, -0.2) is 0 Å². The SMILES string of the molecule is CCn1c(SCC(=O)N(C)CC(=O)NC2CC2)nnc1-c1ccoc1C. The number of aryl methyl sites for hydroxylation is 1. The third-order valence-corrected chi connectivity index (χ3v) is 5.16. The van der Waals surface area contributed by atoms with Gasteiger partial charge < -0.3 is 19.2 Å². The lowest BCUT2D eigenvalue weighted by molar-refractivity contribution is -0.132. The number of hydrogen-bond acceptors (Lipinski definition) is 6. The van der Waals surface area contributed by atoms with E-state index in [-0.39, 0.29) is 24.1 Å². The molecule has 9 heteroatoms. The lowest BCUT2D eigenvalue weighted by Crippen LogP contribution is -2.39. The normalized spacial score (nSPS) is 13.7. The second-order valence-electron chi connectivity index (χ2n) is 6.32. The summed E-state index contributed by atoms with van der Waals surface area (Å²) in [5, 5.41) is 12.0. The molecule has 1 aliphatic rings. The first-order valence-corrected chi connectivity index (χ1v) is 9.62. The molecule has 1 N–H and O–H groups in total. The molecule has 140 valence electrons. The van der Waals surface area contributed by atoms with E-state index in [2.05, 4.69) is 15.5 Å². The number of hydrogen-bond donors (Lipinski definition) is 1. The summed E-state index contributed by atoms with van der Waals surface area (Å²) < 4.78 is 7.29. The number of aromatic nitrogens is 3. The van der Waals surface area contributed by atoms with Gasteiger partial charge in [-0.05, 0) is 32.8 Å². The van der Waals surface area contributed by atoms with E-state index in [4.69, 9.17) is 4.42 Å². The molecule has 3 rings (SSSR count). The molecule has 0 saturated heterocycles. The Balaban J connectivity index is 1.58. The summed E-state index contributed by atoms with van der Waals surface area (Å²) in [5.74, 6) is 1.48. The highest BCUT2D eigenvalue weighted by Crippen LogP contribution is 2.27. The number of carbonyl (C=O) groups excluding carboxylic acids is 2. The molecule has 0 unspecified atom stereocenters. The molecule has 26 heavy (non-hydrogen) atoms. The van der Waals surface area contributed by atoms with Crippen LogP contribution in [0.4, 0.5) is 0 Å². The lowest BCUT2D eigenvalue weighted by atomic mass is 10.2. The number of rotatable bonds is 8. The van der Waals surface area contributed by atoms with Crippen molar-refractivity contribution in [2.45, 2.75) is 44.4 Å². The van der Waals surface area contributed by atoms with Gasteiger partial charge in [0.15, 0.2) is 11.0 Å². The number of furan rings is 1. The van der Waals surface area contributed by atoms with Crippen molar-refractivity contribution in [3.8, 4) is 11.4 Å². The molecule has 2 aromatic heterocycles. The fourth-order valence-electron chi connectivity index (χ4n) is 2.54. The van der Waals surface area contributed by atoms with E-state index in [1.165, 1.54) is 16.7 Å². The highest BCUT2D eigenvalue weighted by molar-refractivity contribution is 7.99. The van der Waals surface area contributed by atoms with Crippen LogP contribution in [0.1, 0.15) is 25.5 Å². The van der Waals surface area contributed by atoms with Gasteiger partial charge in [0.05, 0.1) is 24.1 Å². The zero-order chi connectivity index (χ0) is 18.7. The molecule has 1 saturated carbocycles. The van der Waals surface area contributed by atoms with Gasteiger partial charge in [0.2, 0.25) is 11.8 Å². The molecule has 2 aromatic rings.